The molecule has 0 radical (unpaired) electrons. The van der Waals surface area contributed by atoms with Gasteiger partial charge in [-0.2, -0.15) is 0 Å². The quantitative estimate of drug-likeness (QED) is 0.235. The van der Waals surface area contributed by atoms with E-state index in [1.54, 1.807) is 46.2 Å². The molecule has 5 rings (SSSR count). The number of carbonyl (C=O) groups excluding carboxylic acids is 2. The molecule has 10 heteroatoms. The van der Waals surface area contributed by atoms with Crippen LogP contribution in [0.15, 0.2) is 84.9 Å². The molecule has 1 fully saturated rings. The average Bonchev–Trinajstić information content (AvgIpc) is 3.00. The van der Waals surface area contributed by atoms with Crippen LogP contribution >= 0.6 is 34.8 Å². The third-order valence-electron chi connectivity index (χ3n) is 7.23. The molecule has 1 aromatic heterocycles. The average molecular weight is 609 g/mol. The smallest absolute Gasteiger partial charge is 0.256 e. The molecule has 210 valence electrons. The predicted octanol–water partition coefficient (Wildman–Crippen LogP) is 6.66. The van der Waals surface area contributed by atoms with Crippen molar-refractivity contribution < 1.29 is 9.59 Å². The van der Waals surface area contributed by atoms with Crippen molar-refractivity contribution in [2.24, 2.45) is 0 Å². The van der Waals surface area contributed by atoms with Crippen LogP contribution in [-0.4, -0.2) is 64.5 Å². The molecule has 3 aromatic carbocycles. The third-order valence-corrected chi connectivity index (χ3v) is 8.11. The van der Waals surface area contributed by atoms with E-state index in [0.29, 0.717) is 52.5 Å². The van der Waals surface area contributed by atoms with Crippen LogP contribution in [0.25, 0.3) is 11.3 Å². The maximum Gasteiger partial charge on any atom is 0.256 e. The van der Waals surface area contributed by atoms with E-state index in [4.69, 9.17) is 34.8 Å². The van der Waals surface area contributed by atoms with Gasteiger partial charge < -0.3 is 14.7 Å². The van der Waals surface area contributed by atoms with Gasteiger partial charge in [-0.05, 0) is 55.0 Å². The summed E-state index contributed by atoms with van der Waals surface area (Å²) in [6.07, 6.45) is 0. The van der Waals surface area contributed by atoms with E-state index in [0.717, 1.165) is 16.9 Å². The highest BCUT2D eigenvalue weighted by atomic mass is 35.5. The molecule has 0 N–H and O–H groups in total. The van der Waals surface area contributed by atoms with E-state index < -0.39 is 0 Å². The Labute approximate surface area is 254 Å². The minimum absolute atomic E-state index is 0.0591. The van der Waals surface area contributed by atoms with E-state index in [1.165, 1.54) is 0 Å². The van der Waals surface area contributed by atoms with E-state index in [9.17, 15) is 9.59 Å². The fraction of sp³-hybridized carbons (Fsp3) is 0.226. The zero-order valence-corrected chi connectivity index (χ0v) is 24.7. The van der Waals surface area contributed by atoms with Crippen LogP contribution in [0.4, 0.5) is 5.82 Å². The van der Waals surface area contributed by atoms with Crippen molar-refractivity contribution in [2.75, 3.05) is 37.6 Å². The summed E-state index contributed by atoms with van der Waals surface area (Å²) < 4.78 is 0. The molecule has 41 heavy (non-hydrogen) atoms. The van der Waals surface area contributed by atoms with Crippen LogP contribution in [0.1, 0.15) is 28.9 Å². The molecule has 0 saturated carbocycles. The molecule has 1 saturated heterocycles. The molecule has 0 spiro atoms. The number of nitrogens with zero attached hydrogens (tertiary/aromatic N) is 5. The Balaban J connectivity index is 1.26. The zero-order valence-electron chi connectivity index (χ0n) is 22.4. The summed E-state index contributed by atoms with van der Waals surface area (Å²) >= 11 is 18.7. The van der Waals surface area contributed by atoms with Crippen LogP contribution in [0.5, 0.6) is 0 Å². The van der Waals surface area contributed by atoms with Crippen LogP contribution in [0, 0.1) is 0 Å². The summed E-state index contributed by atoms with van der Waals surface area (Å²) in [5, 5.41) is 10.2. The van der Waals surface area contributed by atoms with Gasteiger partial charge in [-0.15, -0.1) is 10.2 Å². The van der Waals surface area contributed by atoms with Gasteiger partial charge in [-0.3, -0.25) is 9.59 Å². The molecule has 1 aliphatic rings. The summed E-state index contributed by atoms with van der Waals surface area (Å²) in [6, 6.07) is 25.3. The van der Waals surface area contributed by atoms with Crippen LogP contribution in [0.2, 0.25) is 15.1 Å². The van der Waals surface area contributed by atoms with Gasteiger partial charge in [-0.25, -0.2) is 0 Å². The summed E-state index contributed by atoms with van der Waals surface area (Å²) in [7, 11) is 0. The van der Waals surface area contributed by atoms with Crippen molar-refractivity contribution in [1.29, 1.82) is 0 Å². The predicted molar refractivity (Wildman–Crippen MR) is 164 cm³/mol. The highest BCUT2D eigenvalue weighted by Crippen LogP contribution is 2.30. The van der Waals surface area contributed by atoms with Crippen molar-refractivity contribution in [2.45, 2.75) is 13.0 Å². The summed E-state index contributed by atoms with van der Waals surface area (Å²) in [6.45, 7) is 4.05. The minimum atomic E-state index is -0.326. The number of amides is 2. The van der Waals surface area contributed by atoms with Gasteiger partial charge in [-0.1, -0.05) is 77.3 Å². The highest BCUT2D eigenvalue weighted by molar-refractivity contribution is 6.36. The first-order valence-corrected chi connectivity index (χ1v) is 14.4. The first-order valence-electron chi connectivity index (χ1n) is 13.2. The Morgan fingerprint density at radius 3 is 2.20 bits per heavy atom. The SMILES string of the molecule is CC(c1ccccc1)N(CC(=O)N1CCN(c2ccc(-c3ccc(Cl)cc3Cl)nn2)CC1)C(=O)c1ccccc1Cl. The van der Waals surface area contributed by atoms with Crippen molar-refractivity contribution in [1.82, 2.24) is 20.0 Å². The summed E-state index contributed by atoms with van der Waals surface area (Å²) in [5.74, 6) is 0.320. The first kappa shape index (κ1) is 28.9. The second kappa shape index (κ2) is 12.9. The zero-order chi connectivity index (χ0) is 28.9. The molecule has 1 unspecified atom stereocenters. The summed E-state index contributed by atoms with van der Waals surface area (Å²) in [5.41, 5.74) is 2.72. The number of carbonyl (C=O) groups is 2. The first-order chi connectivity index (χ1) is 19.8. The van der Waals surface area contributed by atoms with Crippen molar-refractivity contribution >= 4 is 52.4 Å². The lowest BCUT2D eigenvalue weighted by atomic mass is 10.1. The lowest BCUT2D eigenvalue weighted by Crippen LogP contribution is -2.52. The fourth-order valence-corrected chi connectivity index (χ4v) is 5.57. The van der Waals surface area contributed by atoms with Gasteiger partial charge in [0.1, 0.15) is 6.54 Å². The molecule has 4 aromatic rings. The molecule has 1 atom stereocenters. The van der Waals surface area contributed by atoms with Gasteiger partial charge in [0.15, 0.2) is 5.82 Å². The maximum atomic E-state index is 13.6. The number of anilines is 1. The van der Waals surface area contributed by atoms with Gasteiger partial charge in [0, 0.05) is 36.8 Å². The Bertz CT molecular complexity index is 1530. The summed E-state index contributed by atoms with van der Waals surface area (Å²) in [4.78, 5) is 32.6. The Morgan fingerprint density at radius 1 is 0.829 bits per heavy atom. The topological polar surface area (TPSA) is 69.6 Å². The number of halogens is 3. The lowest BCUT2D eigenvalue weighted by molar-refractivity contribution is -0.132. The second-order valence-corrected chi connectivity index (χ2v) is 11.0. The maximum absolute atomic E-state index is 13.6. The number of hydrogen-bond acceptors (Lipinski definition) is 5. The normalized spacial score (nSPS) is 14.0. The van der Waals surface area contributed by atoms with Crippen LogP contribution in [-0.2, 0) is 4.79 Å². The second-order valence-electron chi connectivity index (χ2n) is 9.77. The van der Waals surface area contributed by atoms with E-state index in [1.807, 2.05) is 55.5 Å². The van der Waals surface area contributed by atoms with E-state index >= 15 is 0 Å². The monoisotopic (exact) mass is 607 g/mol. The van der Waals surface area contributed by atoms with Crippen molar-refractivity contribution in [3.05, 3.63) is 111 Å². The molecule has 2 amide bonds. The molecule has 0 bridgehead atoms. The highest BCUT2D eigenvalue weighted by Gasteiger charge is 2.30. The molecule has 7 nitrogen and oxygen atoms in total. The standard InChI is InChI=1S/C31H28Cl3N5O2/c1-21(22-7-3-2-4-8-22)39(31(41)25-9-5-6-10-26(25)33)20-30(40)38-17-15-37(16-18-38)29-14-13-28(35-36-29)24-12-11-23(32)19-27(24)34/h2-14,19,21H,15-18,20H2,1H3. The molecular formula is C31H28Cl3N5O2. The Morgan fingerprint density at radius 2 is 1.54 bits per heavy atom. The lowest BCUT2D eigenvalue weighted by Gasteiger charge is -2.37. The number of rotatable bonds is 7. The largest absolute Gasteiger partial charge is 0.352 e. The van der Waals surface area contributed by atoms with Gasteiger partial charge >= 0.3 is 0 Å². The molecule has 1 aliphatic heterocycles. The van der Waals surface area contributed by atoms with E-state index in [-0.39, 0.29) is 24.4 Å². The van der Waals surface area contributed by atoms with Gasteiger partial charge in [0.05, 0.1) is 27.3 Å². The molecule has 0 aliphatic carbocycles. The minimum Gasteiger partial charge on any atom is -0.352 e. The van der Waals surface area contributed by atoms with Crippen molar-refractivity contribution in [3.8, 4) is 11.3 Å². The van der Waals surface area contributed by atoms with Crippen LogP contribution < -0.4 is 4.90 Å². The van der Waals surface area contributed by atoms with Crippen LogP contribution in [0.3, 0.4) is 0 Å². The number of benzene rings is 3. The number of aromatic nitrogens is 2. The molecule has 2 heterocycles. The molecular weight excluding hydrogens is 581 g/mol. The Hall–Kier alpha value is -3.65. The van der Waals surface area contributed by atoms with E-state index in [2.05, 4.69) is 15.1 Å². The van der Waals surface area contributed by atoms with Gasteiger partial charge in [0.25, 0.3) is 5.91 Å². The Kier molecular flexibility index (Phi) is 9.08. The number of hydrogen-bond donors (Lipinski definition) is 0. The third kappa shape index (κ3) is 6.64. The van der Waals surface area contributed by atoms with Crippen molar-refractivity contribution in [3.63, 3.8) is 0 Å². The number of piperazine rings is 1. The fourth-order valence-electron chi connectivity index (χ4n) is 4.85. The van der Waals surface area contributed by atoms with Gasteiger partial charge in [0.2, 0.25) is 5.91 Å².